The van der Waals surface area contributed by atoms with E-state index >= 15 is 0 Å². The zero-order chi connectivity index (χ0) is 18.6. The summed E-state index contributed by atoms with van der Waals surface area (Å²) in [5.74, 6) is 2.80. The van der Waals surface area contributed by atoms with Crippen LogP contribution in [0.2, 0.25) is 0 Å². The lowest BCUT2D eigenvalue weighted by Gasteiger charge is -2.21. The molecule has 1 saturated heterocycles. The quantitative estimate of drug-likeness (QED) is 0.720. The summed E-state index contributed by atoms with van der Waals surface area (Å²) in [5, 5.41) is 6.91. The number of oxazole rings is 1. The van der Waals surface area contributed by atoms with Gasteiger partial charge in [0, 0.05) is 11.8 Å². The Balaban J connectivity index is 1.47. The predicted molar refractivity (Wildman–Crippen MR) is 106 cm³/mol. The Labute approximate surface area is 162 Å². The SMILES string of the molecule is CC(C)(C)c1cnc(CSc2cnc(NC(=O)CC3CCNCC3)s2)o1. The molecule has 2 aromatic rings. The molecule has 8 heteroatoms. The van der Waals surface area contributed by atoms with Crippen LogP contribution < -0.4 is 10.6 Å². The van der Waals surface area contributed by atoms with E-state index in [4.69, 9.17) is 4.42 Å². The van der Waals surface area contributed by atoms with Gasteiger partial charge in [-0.1, -0.05) is 32.1 Å². The smallest absolute Gasteiger partial charge is 0.226 e. The fourth-order valence-electron chi connectivity index (χ4n) is 2.76. The van der Waals surface area contributed by atoms with Crippen LogP contribution in [0.1, 0.15) is 51.7 Å². The Morgan fingerprint density at radius 2 is 2.12 bits per heavy atom. The van der Waals surface area contributed by atoms with Crippen LogP contribution in [0.25, 0.3) is 0 Å². The Morgan fingerprint density at radius 3 is 2.81 bits per heavy atom. The molecule has 0 spiro atoms. The molecule has 3 rings (SSSR count). The largest absolute Gasteiger partial charge is 0.444 e. The summed E-state index contributed by atoms with van der Waals surface area (Å²) in [6.45, 7) is 8.33. The van der Waals surface area contributed by atoms with Crippen LogP contribution in [0.15, 0.2) is 21.0 Å². The molecular formula is C18H26N4O2S2. The normalized spacial score (nSPS) is 16.0. The third-order valence-corrected chi connectivity index (χ3v) is 6.39. The van der Waals surface area contributed by atoms with Gasteiger partial charge >= 0.3 is 0 Å². The van der Waals surface area contributed by atoms with Gasteiger partial charge in [0.2, 0.25) is 11.8 Å². The summed E-state index contributed by atoms with van der Waals surface area (Å²) in [7, 11) is 0. The van der Waals surface area contributed by atoms with Gasteiger partial charge in [0.15, 0.2) is 5.13 Å². The standard InChI is InChI=1S/C18H26N4O2S2/c1-18(2,3)13-9-20-15(24-13)11-25-16-10-21-17(26-16)22-14(23)8-12-4-6-19-7-5-12/h9-10,12,19H,4-8,11H2,1-3H3,(H,21,22,23). The number of rotatable bonds is 6. The van der Waals surface area contributed by atoms with Crippen molar-refractivity contribution in [3.05, 3.63) is 24.0 Å². The van der Waals surface area contributed by atoms with E-state index in [-0.39, 0.29) is 11.3 Å². The second-order valence-electron chi connectivity index (χ2n) is 7.59. The molecule has 1 aliphatic heterocycles. The van der Waals surface area contributed by atoms with Crippen LogP contribution in [0.4, 0.5) is 5.13 Å². The van der Waals surface area contributed by atoms with Gasteiger partial charge in [-0.3, -0.25) is 4.79 Å². The number of carbonyl (C=O) groups excluding carboxylic acids is 1. The number of thiazole rings is 1. The second-order valence-corrected chi connectivity index (χ2v) is 9.89. The molecule has 0 unspecified atom stereocenters. The summed E-state index contributed by atoms with van der Waals surface area (Å²) < 4.78 is 6.84. The molecule has 0 aromatic carbocycles. The van der Waals surface area contributed by atoms with Gasteiger partial charge in [-0.05, 0) is 31.8 Å². The van der Waals surface area contributed by atoms with Crippen molar-refractivity contribution in [2.45, 2.75) is 55.4 Å². The number of hydrogen-bond donors (Lipinski definition) is 2. The van der Waals surface area contributed by atoms with Crippen molar-refractivity contribution in [3.8, 4) is 0 Å². The fourth-order valence-corrected chi connectivity index (χ4v) is 4.50. The number of carbonyl (C=O) groups is 1. The number of nitrogens with zero attached hydrogens (tertiary/aromatic N) is 2. The average Bonchev–Trinajstić information content (AvgIpc) is 3.22. The maximum atomic E-state index is 12.2. The maximum Gasteiger partial charge on any atom is 0.226 e. The molecule has 26 heavy (non-hydrogen) atoms. The Kier molecular flexibility index (Phi) is 6.37. The number of piperidine rings is 1. The first-order valence-corrected chi connectivity index (χ1v) is 10.7. The van der Waals surface area contributed by atoms with Crippen LogP contribution in [-0.2, 0) is 16.0 Å². The summed E-state index contributed by atoms with van der Waals surface area (Å²) in [6.07, 6.45) is 6.31. The van der Waals surface area contributed by atoms with Crippen molar-refractivity contribution in [2.75, 3.05) is 18.4 Å². The van der Waals surface area contributed by atoms with Gasteiger partial charge in [-0.2, -0.15) is 0 Å². The van der Waals surface area contributed by atoms with Gasteiger partial charge in [0.25, 0.3) is 0 Å². The number of aromatic nitrogens is 2. The highest BCUT2D eigenvalue weighted by Crippen LogP contribution is 2.32. The molecular weight excluding hydrogens is 368 g/mol. The molecule has 1 aliphatic rings. The minimum atomic E-state index is -0.0355. The van der Waals surface area contributed by atoms with Crippen LogP contribution in [0.3, 0.4) is 0 Å². The lowest BCUT2D eigenvalue weighted by Crippen LogP contribution is -2.30. The molecule has 3 heterocycles. The van der Waals surface area contributed by atoms with E-state index in [0.29, 0.717) is 29.1 Å². The average molecular weight is 395 g/mol. The van der Waals surface area contributed by atoms with Crippen LogP contribution in [0, 0.1) is 5.92 Å². The maximum absolute atomic E-state index is 12.2. The van der Waals surface area contributed by atoms with Crippen molar-refractivity contribution in [3.63, 3.8) is 0 Å². The molecule has 1 amide bonds. The van der Waals surface area contributed by atoms with Crippen molar-refractivity contribution in [2.24, 2.45) is 5.92 Å². The van der Waals surface area contributed by atoms with E-state index in [1.807, 2.05) is 0 Å². The highest BCUT2D eigenvalue weighted by molar-refractivity contribution is 8.00. The number of thioether (sulfide) groups is 1. The molecule has 0 atom stereocenters. The number of nitrogens with one attached hydrogen (secondary N) is 2. The molecule has 142 valence electrons. The monoisotopic (exact) mass is 394 g/mol. The van der Waals surface area contributed by atoms with E-state index in [1.165, 1.54) is 11.3 Å². The molecule has 2 N–H and O–H groups in total. The number of amides is 1. The van der Waals surface area contributed by atoms with Crippen molar-refractivity contribution >= 4 is 34.1 Å². The molecule has 0 saturated carbocycles. The Morgan fingerprint density at radius 1 is 1.35 bits per heavy atom. The number of anilines is 1. The summed E-state index contributed by atoms with van der Waals surface area (Å²) in [5.41, 5.74) is -0.0355. The Bertz CT molecular complexity index is 730. The van der Waals surface area contributed by atoms with Gasteiger partial charge < -0.3 is 15.1 Å². The second kappa shape index (κ2) is 8.54. The lowest BCUT2D eigenvalue weighted by molar-refractivity contribution is -0.117. The van der Waals surface area contributed by atoms with Gasteiger partial charge in [0.1, 0.15) is 5.76 Å². The predicted octanol–water partition coefficient (Wildman–Crippen LogP) is 4.05. The van der Waals surface area contributed by atoms with Crippen molar-refractivity contribution < 1.29 is 9.21 Å². The fraction of sp³-hybridized carbons (Fsp3) is 0.611. The van der Waals surface area contributed by atoms with E-state index in [2.05, 4.69) is 41.4 Å². The summed E-state index contributed by atoms with van der Waals surface area (Å²) >= 11 is 3.11. The summed E-state index contributed by atoms with van der Waals surface area (Å²) in [4.78, 5) is 20.8. The van der Waals surface area contributed by atoms with Crippen molar-refractivity contribution in [1.82, 2.24) is 15.3 Å². The van der Waals surface area contributed by atoms with E-state index in [9.17, 15) is 4.79 Å². The van der Waals surface area contributed by atoms with E-state index in [1.54, 1.807) is 24.2 Å². The third kappa shape index (κ3) is 5.56. The molecule has 6 nitrogen and oxygen atoms in total. The molecule has 0 radical (unpaired) electrons. The van der Waals surface area contributed by atoms with Gasteiger partial charge in [0.05, 0.1) is 22.4 Å². The van der Waals surface area contributed by atoms with E-state index < -0.39 is 0 Å². The van der Waals surface area contributed by atoms with Gasteiger partial charge in [-0.25, -0.2) is 9.97 Å². The zero-order valence-electron chi connectivity index (χ0n) is 15.5. The first kappa shape index (κ1) is 19.4. The van der Waals surface area contributed by atoms with Crippen molar-refractivity contribution in [1.29, 1.82) is 0 Å². The van der Waals surface area contributed by atoms with Crippen LogP contribution in [0.5, 0.6) is 0 Å². The van der Waals surface area contributed by atoms with E-state index in [0.717, 1.165) is 35.9 Å². The number of hydrogen-bond acceptors (Lipinski definition) is 7. The first-order chi connectivity index (χ1) is 12.4. The molecule has 0 bridgehead atoms. The molecule has 1 fully saturated rings. The minimum absolute atomic E-state index is 0.0355. The molecule has 0 aliphatic carbocycles. The Hall–Kier alpha value is -1.38. The first-order valence-electron chi connectivity index (χ1n) is 8.94. The zero-order valence-corrected chi connectivity index (χ0v) is 17.1. The minimum Gasteiger partial charge on any atom is -0.444 e. The molecule has 2 aromatic heterocycles. The highest BCUT2D eigenvalue weighted by atomic mass is 32.2. The van der Waals surface area contributed by atoms with Crippen LogP contribution in [-0.4, -0.2) is 29.0 Å². The summed E-state index contributed by atoms with van der Waals surface area (Å²) in [6, 6.07) is 0. The van der Waals surface area contributed by atoms with Gasteiger partial charge in [-0.15, -0.1) is 11.8 Å². The third-order valence-electron chi connectivity index (χ3n) is 4.29. The highest BCUT2D eigenvalue weighted by Gasteiger charge is 2.20. The topological polar surface area (TPSA) is 80.0 Å². The van der Waals surface area contributed by atoms with Crippen LogP contribution >= 0.6 is 23.1 Å². The lowest BCUT2D eigenvalue weighted by atomic mass is 9.94.